The highest BCUT2D eigenvalue weighted by molar-refractivity contribution is 5.97. The second-order valence-corrected chi connectivity index (χ2v) is 7.37. The number of hydrogen-bond acceptors (Lipinski definition) is 3. The van der Waals surface area contributed by atoms with Gasteiger partial charge in [0, 0.05) is 6.54 Å². The average Bonchev–Trinajstić information content (AvgIpc) is 3.14. The minimum Gasteiger partial charge on any atom is -0.496 e. The fourth-order valence-electron chi connectivity index (χ4n) is 3.72. The van der Waals surface area contributed by atoms with Gasteiger partial charge in [0.05, 0.1) is 29.7 Å². The van der Waals surface area contributed by atoms with Gasteiger partial charge in [-0.25, -0.2) is 4.98 Å². The summed E-state index contributed by atoms with van der Waals surface area (Å²) in [5.74, 6) is 1.19. The normalized spacial score (nSPS) is 12.0. The molecule has 5 nitrogen and oxygen atoms in total. The number of methoxy groups -OCH3 is 1. The van der Waals surface area contributed by atoms with Gasteiger partial charge in [0.1, 0.15) is 11.6 Å². The Hall–Kier alpha value is -3.60. The largest absolute Gasteiger partial charge is 0.496 e. The molecule has 1 N–H and O–H groups in total. The number of hydrogen-bond donors (Lipinski definition) is 1. The van der Waals surface area contributed by atoms with Gasteiger partial charge in [-0.15, -0.1) is 0 Å². The highest BCUT2D eigenvalue weighted by Gasteiger charge is 2.21. The summed E-state index contributed by atoms with van der Waals surface area (Å²) in [7, 11) is 1.57. The molecule has 1 aromatic heterocycles. The number of fused-ring (bicyclic) bond motifs is 1. The Morgan fingerprint density at radius 1 is 1.03 bits per heavy atom. The number of aromatic nitrogens is 2. The summed E-state index contributed by atoms with van der Waals surface area (Å²) in [6.07, 6.45) is 0. The van der Waals surface area contributed by atoms with Crippen LogP contribution in [0.2, 0.25) is 0 Å². The molecule has 0 fully saturated rings. The first-order chi connectivity index (χ1) is 14.6. The maximum atomic E-state index is 12.9. The average molecular weight is 399 g/mol. The zero-order chi connectivity index (χ0) is 21.1. The van der Waals surface area contributed by atoms with Crippen molar-refractivity contribution >= 4 is 16.9 Å². The van der Waals surface area contributed by atoms with E-state index in [4.69, 9.17) is 9.72 Å². The van der Waals surface area contributed by atoms with Crippen molar-refractivity contribution in [2.75, 3.05) is 7.11 Å². The lowest BCUT2D eigenvalue weighted by molar-refractivity contribution is 0.0934. The van der Waals surface area contributed by atoms with Gasteiger partial charge >= 0.3 is 0 Å². The molecule has 4 aromatic rings. The van der Waals surface area contributed by atoms with E-state index in [0.717, 1.165) is 16.9 Å². The summed E-state index contributed by atoms with van der Waals surface area (Å²) >= 11 is 0. The van der Waals surface area contributed by atoms with Crippen LogP contribution in [0.15, 0.2) is 72.8 Å². The lowest BCUT2D eigenvalue weighted by atomic mass is 10.1. The molecule has 5 heteroatoms. The number of nitrogens with zero attached hydrogens (tertiary/aromatic N) is 2. The topological polar surface area (TPSA) is 56.1 Å². The van der Waals surface area contributed by atoms with Crippen molar-refractivity contribution in [3.05, 3.63) is 95.3 Å². The fraction of sp³-hybridized carbons (Fsp3) is 0.200. The van der Waals surface area contributed by atoms with E-state index in [0.29, 0.717) is 17.9 Å². The van der Waals surface area contributed by atoms with Crippen molar-refractivity contribution in [3.63, 3.8) is 0 Å². The molecule has 152 valence electrons. The highest BCUT2D eigenvalue weighted by Crippen LogP contribution is 2.24. The van der Waals surface area contributed by atoms with E-state index in [2.05, 4.69) is 35.0 Å². The molecule has 0 radical (unpaired) electrons. The Balaban J connectivity index is 1.69. The minimum absolute atomic E-state index is 0.186. The Kier molecular flexibility index (Phi) is 5.53. The molecule has 0 bridgehead atoms. The third-order valence-corrected chi connectivity index (χ3v) is 5.36. The lowest BCUT2D eigenvalue weighted by Crippen LogP contribution is -2.29. The van der Waals surface area contributed by atoms with Crippen LogP contribution in [0.5, 0.6) is 5.75 Å². The molecular formula is C25H25N3O2. The first kappa shape index (κ1) is 19.7. The van der Waals surface area contributed by atoms with E-state index in [1.807, 2.05) is 49.4 Å². The Bertz CT molecular complexity index is 1200. The summed E-state index contributed by atoms with van der Waals surface area (Å²) in [5, 5.41) is 3.09. The molecule has 0 aliphatic heterocycles. The SMILES string of the molecule is COc1ccccc1C(=O)N[C@@H](C)c1nc2ccccc2n1Cc1ccccc1C. The Morgan fingerprint density at radius 2 is 1.73 bits per heavy atom. The molecule has 0 saturated heterocycles. The summed E-state index contributed by atoms with van der Waals surface area (Å²) in [6.45, 7) is 4.77. The van der Waals surface area contributed by atoms with Crippen LogP contribution in [0, 0.1) is 6.92 Å². The third kappa shape index (κ3) is 3.79. The van der Waals surface area contributed by atoms with Gasteiger partial charge in [-0.05, 0) is 49.2 Å². The maximum absolute atomic E-state index is 12.9. The van der Waals surface area contributed by atoms with E-state index < -0.39 is 0 Å². The molecular weight excluding hydrogens is 374 g/mol. The number of rotatable bonds is 6. The summed E-state index contributed by atoms with van der Waals surface area (Å²) in [4.78, 5) is 17.8. The molecule has 1 amide bonds. The second-order valence-electron chi connectivity index (χ2n) is 7.37. The number of carbonyl (C=O) groups excluding carboxylic acids is 1. The number of ether oxygens (including phenoxy) is 1. The summed E-state index contributed by atoms with van der Waals surface area (Å²) in [6, 6.07) is 23.3. The van der Waals surface area contributed by atoms with Crippen molar-refractivity contribution in [1.29, 1.82) is 0 Å². The molecule has 0 aliphatic rings. The van der Waals surface area contributed by atoms with Crippen LogP contribution in [0.3, 0.4) is 0 Å². The van der Waals surface area contributed by atoms with Crippen molar-refractivity contribution in [2.45, 2.75) is 26.4 Å². The minimum atomic E-state index is -0.279. The Morgan fingerprint density at radius 3 is 2.53 bits per heavy atom. The van der Waals surface area contributed by atoms with E-state index >= 15 is 0 Å². The smallest absolute Gasteiger partial charge is 0.255 e. The van der Waals surface area contributed by atoms with Gasteiger partial charge in [0.25, 0.3) is 5.91 Å². The molecule has 1 atom stereocenters. The first-order valence-electron chi connectivity index (χ1n) is 10.0. The quantitative estimate of drug-likeness (QED) is 0.502. The van der Waals surface area contributed by atoms with E-state index in [-0.39, 0.29) is 11.9 Å². The van der Waals surface area contributed by atoms with Crippen LogP contribution in [-0.2, 0) is 6.54 Å². The molecule has 4 rings (SSSR count). The van der Waals surface area contributed by atoms with Crippen molar-refractivity contribution in [3.8, 4) is 5.75 Å². The number of carbonyl (C=O) groups is 1. The third-order valence-electron chi connectivity index (χ3n) is 5.36. The predicted molar refractivity (Wildman–Crippen MR) is 119 cm³/mol. The number of para-hydroxylation sites is 3. The van der Waals surface area contributed by atoms with E-state index in [1.54, 1.807) is 19.2 Å². The monoisotopic (exact) mass is 399 g/mol. The first-order valence-corrected chi connectivity index (χ1v) is 10.0. The molecule has 0 saturated carbocycles. The number of aryl methyl sites for hydroxylation is 1. The van der Waals surface area contributed by atoms with E-state index in [1.165, 1.54) is 11.1 Å². The van der Waals surface area contributed by atoms with Gasteiger partial charge < -0.3 is 14.6 Å². The van der Waals surface area contributed by atoms with Crippen molar-refractivity contribution in [1.82, 2.24) is 14.9 Å². The highest BCUT2D eigenvalue weighted by atomic mass is 16.5. The number of imidazole rings is 1. The van der Waals surface area contributed by atoms with Gasteiger partial charge in [-0.2, -0.15) is 0 Å². The summed E-state index contributed by atoms with van der Waals surface area (Å²) in [5.41, 5.74) is 4.93. The van der Waals surface area contributed by atoms with Gasteiger partial charge in [-0.3, -0.25) is 4.79 Å². The van der Waals surface area contributed by atoms with Crippen LogP contribution >= 0.6 is 0 Å². The van der Waals surface area contributed by atoms with Gasteiger partial charge in [0.2, 0.25) is 0 Å². The van der Waals surface area contributed by atoms with Crippen molar-refractivity contribution in [2.24, 2.45) is 0 Å². The molecule has 0 spiro atoms. The lowest BCUT2D eigenvalue weighted by Gasteiger charge is -2.18. The second kappa shape index (κ2) is 8.41. The maximum Gasteiger partial charge on any atom is 0.255 e. The number of benzene rings is 3. The van der Waals surface area contributed by atoms with E-state index in [9.17, 15) is 4.79 Å². The standard InChI is InChI=1S/C25H25N3O2/c1-17-10-4-5-11-19(17)16-28-22-14-8-7-13-21(22)27-24(28)18(2)26-25(29)20-12-6-9-15-23(20)30-3/h4-15,18H,16H2,1-3H3,(H,26,29)/t18-/m0/s1. The van der Waals surface area contributed by atoms with Crippen LogP contribution in [-0.4, -0.2) is 22.6 Å². The summed E-state index contributed by atoms with van der Waals surface area (Å²) < 4.78 is 7.52. The Labute approximate surface area is 176 Å². The van der Waals surface area contributed by atoms with Gasteiger partial charge in [-0.1, -0.05) is 48.5 Å². The zero-order valence-corrected chi connectivity index (χ0v) is 17.4. The predicted octanol–water partition coefficient (Wildman–Crippen LogP) is 4.89. The van der Waals surface area contributed by atoms with Crippen LogP contribution in [0.25, 0.3) is 11.0 Å². The molecule has 1 heterocycles. The fourth-order valence-corrected chi connectivity index (χ4v) is 3.72. The molecule has 0 aliphatic carbocycles. The van der Waals surface area contributed by atoms with Crippen LogP contribution in [0.1, 0.15) is 40.3 Å². The molecule has 30 heavy (non-hydrogen) atoms. The van der Waals surface area contributed by atoms with Crippen LogP contribution in [0.4, 0.5) is 0 Å². The number of nitrogens with one attached hydrogen (secondary N) is 1. The molecule has 0 unspecified atom stereocenters. The van der Waals surface area contributed by atoms with Crippen LogP contribution < -0.4 is 10.1 Å². The molecule has 3 aromatic carbocycles. The zero-order valence-electron chi connectivity index (χ0n) is 17.4. The van der Waals surface area contributed by atoms with Crippen molar-refractivity contribution < 1.29 is 9.53 Å². The number of amides is 1. The van der Waals surface area contributed by atoms with Gasteiger partial charge in [0.15, 0.2) is 0 Å².